The van der Waals surface area contributed by atoms with Crippen LogP contribution >= 0.6 is 12.4 Å². The fourth-order valence-corrected chi connectivity index (χ4v) is 2.65. The van der Waals surface area contributed by atoms with Crippen LogP contribution in [0.25, 0.3) is 10.9 Å². The van der Waals surface area contributed by atoms with E-state index in [0.29, 0.717) is 26.1 Å². The highest BCUT2D eigenvalue weighted by Crippen LogP contribution is 2.24. The lowest BCUT2D eigenvalue weighted by Gasteiger charge is -2.07. The first kappa shape index (κ1) is 20.3. The molecule has 0 radical (unpaired) electrons. The maximum atomic E-state index is 11.3. The standard InChI is InChI=1S/C18H27N3O2.ClH/c1-2-20-18(22)6-4-3-5-11-23-15-7-8-17-16(12-15)14(9-10-19)13-21-17;/h7-8,12-13,21H,2-6,9-11,19H2,1H3,(H,20,22);1H. The largest absolute Gasteiger partial charge is 0.494 e. The number of nitrogens with one attached hydrogen (secondary N) is 2. The average Bonchev–Trinajstić information content (AvgIpc) is 2.94. The van der Waals surface area contributed by atoms with Gasteiger partial charge in [-0.25, -0.2) is 0 Å². The average molecular weight is 354 g/mol. The molecule has 24 heavy (non-hydrogen) atoms. The molecule has 1 aromatic carbocycles. The molecule has 1 heterocycles. The van der Waals surface area contributed by atoms with Crippen molar-refractivity contribution in [2.24, 2.45) is 5.73 Å². The number of halogens is 1. The monoisotopic (exact) mass is 353 g/mol. The van der Waals surface area contributed by atoms with Crippen molar-refractivity contribution in [3.05, 3.63) is 30.0 Å². The SMILES string of the molecule is CCNC(=O)CCCCCOc1ccc2[nH]cc(CCN)c2c1.Cl. The number of hydrogen-bond donors (Lipinski definition) is 3. The summed E-state index contributed by atoms with van der Waals surface area (Å²) in [6.07, 6.45) is 6.35. The zero-order valence-corrected chi connectivity index (χ0v) is 15.1. The van der Waals surface area contributed by atoms with Crippen LogP contribution in [-0.2, 0) is 11.2 Å². The molecule has 0 aliphatic rings. The van der Waals surface area contributed by atoms with Crippen LogP contribution in [-0.4, -0.2) is 30.6 Å². The van der Waals surface area contributed by atoms with Gasteiger partial charge in [0.15, 0.2) is 0 Å². The third-order valence-corrected chi connectivity index (χ3v) is 3.84. The Hall–Kier alpha value is -1.72. The molecule has 0 saturated carbocycles. The second kappa shape index (κ2) is 10.9. The number of rotatable bonds is 10. The molecular formula is C18H28ClN3O2. The summed E-state index contributed by atoms with van der Waals surface area (Å²) in [5.74, 6) is 1.03. The van der Waals surface area contributed by atoms with E-state index < -0.39 is 0 Å². The van der Waals surface area contributed by atoms with Crippen LogP contribution < -0.4 is 15.8 Å². The summed E-state index contributed by atoms with van der Waals surface area (Å²) in [5, 5.41) is 3.99. The number of nitrogens with two attached hydrogens (primary N) is 1. The minimum Gasteiger partial charge on any atom is -0.494 e. The molecule has 0 fully saturated rings. The Balaban J connectivity index is 0.00000288. The summed E-state index contributed by atoms with van der Waals surface area (Å²) in [7, 11) is 0. The number of carbonyl (C=O) groups excluding carboxylic acids is 1. The molecule has 6 heteroatoms. The van der Waals surface area contributed by atoms with E-state index in [4.69, 9.17) is 10.5 Å². The van der Waals surface area contributed by atoms with Gasteiger partial charge in [0.05, 0.1) is 6.61 Å². The highest BCUT2D eigenvalue weighted by Gasteiger charge is 2.05. The van der Waals surface area contributed by atoms with Crippen LogP contribution in [0.1, 0.15) is 38.2 Å². The van der Waals surface area contributed by atoms with Gasteiger partial charge in [0, 0.05) is 30.1 Å². The van der Waals surface area contributed by atoms with Crippen molar-refractivity contribution >= 4 is 29.2 Å². The van der Waals surface area contributed by atoms with Crippen molar-refractivity contribution in [2.45, 2.75) is 39.0 Å². The summed E-state index contributed by atoms with van der Waals surface area (Å²) < 4.78 is 5.83. The Labute approximate surface area is 149 Å². The van der Waals surface area contributed by atoms with E-state index in [1.807, 2.05) is 25.3 Å². The number of aromatic nitrogens is 1. The first-order valence-electron chi connectivity index (χ1n) is 8.44. The molecule has 1 aromatic heterocycles. The topological polar surface area (TPSA) is 80.1 Å². The lowest BCUT2D eigenvalue weighted by Crippen LogP contribution is -2.22. The summed E-state index contributed by atoms with van der Waals surface area (Å²) in [6, 6.07) is 6.10. The van der Waals surface area contributed by atoms with Gasteiger partial charge in [-0.15, -0.1) is 12.4 Å². The van der Waals surface area contributed by atoms with Crippen LogP contribution in [0.5, 0.6) is 5.75 Å². The summed E-state index contributed by atoms with van der Waals surface area (Å²) in [6.45, 7) is 3.96. The Kier molecular flexibility index (Phi) is 9.27. The van der Waals surface area contributed by atoms with Gasteiger partial charge >= 0.3 is 0 Å². The van der Waals surface area contributed by atoms with Gasteiger partial charge in [-0.05, 0) is 62.9 Å². The Morgan fingerprint density at radius 3 is 2.88 bits per heavy atom. The molecular weight excluding hydrogens is 326 g/mol. The van der Waals surface area contributed by atoms with Gasteiger partial charge in [0.25, 0.3) is 0 Å². The predicted octanol–water partition coefficient (Wildman–Crippen LogP) is 3.17. The molecule has 0 aliphatic carbocycles. The molecule has 0 unspecified atom stereocenters. The third-order valence-electron chi connectivity index (χ3n) is 3.84. The van der Waals surface area contributed by atoms with E-state index in [2.05, 4.69) is 16.4 Å². The van der Waals surface area contributed by atoms with Gasteiger partial charge in [-0.1, -0.05) is 0 Å². The second-order valence-electron chi connectivity index (χ2n) is 5.67. The van der Waals surface area contributed by atoms with Gasteiger partial charge in [0.2, 0.25) is 5.91 Å². The first-order chi connectivity index (χ1) is 11.2. The number of benzene rings is 1. The van der Waals surface area contributed by atoms with Crippen LogP contribution in [0, 0.1) is 0 Å². The smallest absolute Gasteiger partial charge is 0.219 e. The molecule has 0 aliphatic heterocycles. The lowest BCUT2D eigenvalue weighted by molar-refractivity contribution is -0.121. The maximum absolute atomic E-state index is 11.3. The molecule has 1 amide bonds. The van der Waals surface area contributed by atoms with Crippen molar-refractivity contribution in [1.29, 1.82) is 0 Å². The van der Waals surface area contributed by atoms with Crippen molar-refractivity contribution in [3.8, 4) is 5.75 Å². The number of fused-ring (bicyclic) bond motifs is 1. The number of carbonyl (C=O) groups is 1. The van der Waals surface area contributed by atoms with Crippen molar-refractivity contribution in [1.82, 2.24) is 10.3 Å². The molecule has 4 N–H and O–H groups in total. The van der Waals surface area contributed by atoms with E-state index in [1.54, 1.807) is 0 Å². The van der Waals surface area contributed by atoms with Crippen LogP contribution in [0.15, 0.2) is 24.4 Å². The molecule has 2 rings (SSSR count). The number of amides is 1. The van der Waals surface area contributed by atoms with E-state index in [-0.39, 0.29) is 18.3 Å². The Morgan fingerprint density at radius 2 is 2.12 bits per heavy atom. The van der Waals surface area contributed by atoms with Gasteiger partial charge in [0.1, 0.15) is 5.75 Å². The van der Waals surface area contributed by atoms with Crippen molar-refractivity contribution in [3.63, 3.8) is 0 Å². The molecule has 0 saturated heterocycles. The highest BCUT2D eigenvalue weighted by atomic mass is 35.5. The van der Waals surface area contributed by atoms with Crippen molar-refractivity contribution in [2.75, 3.05) is 19.7 Å². The number of unbranched alkanes of at least 4 members (excludes halogenated alkanes) is 2. The zero-order valence-electron chi connectivity index (χ0n) is 14.3. The molecule has 0 spiro atoms. The molecule has 2 aromatic rings. The fraction of sp³-hybridized carbons (Fsp3) is 0.500. The minimum atomic E-state index is 0. The van der Waals surface area contributed by atoms with E-state index >= 15 is 0 Å². The lowest BCUT2D eigenvalue weighted by atomic mass is 10.1. The first-order valence-corrected chi connectivity index (χ1v) is 8.44. The van der Waals surface area contributed by atoms with E-state index in [1.165, 1.54) is 10.9 Å². The number of hydrogen-bond acceptors (Lipinski definition) is 3. The molecule has 134 valence electrons. The summed E-state index contributed by atoms with van der Waals surface area (Å²) in [5.41, 5.74) is 7.99. The van der Waals surface area contributed by atoms with Gasteiger partial charge in [-0.3, -0.25) is 4.79 Å². The van der Waals surface area contributed by atoms with Crippen LogP contribution in [0.4, 0.5) is 0 Å². The van der Waals surface area contributed by atoms with Crippen LogP contribution in [0.2, 0.25) is 0 Å². The minimum absolute atomic E-state index is 0. The zero-order chi connectivity index (χ0) is 16.5. The maximum Gasteiger partial charge on any atom is 0.219 e. The third kappa shape index (κ3) is 6.06. The van der Waals surface area contributed by atoms with Crippen LogP contribution in [0.3, 0.4) is 0 Å². The second-order valence-corrected chi connectivity index (χ2v) is 5.67. The van der Waals surface area contributed by atoms with Gasteiger partial charge < -0.3 is 20.8 Å². The fourth-order valence-electron chi connectivity index (χ4n) is 2.65. The highest BCUT2D eigenvalue weighted by molar-refractivity contribution is 5.85. The molecule has 0 bridgehead atoms. The molecule has 0 atom stereocenters. The van der Waals surface area contributed by atoms with E-state index in [9.17, 15) is 4.79 Å². The number of ether oxygens (including phenoxy) is 1. The number of H-pyrrole nitrogens is 1. The van der Waals surface area contributed by atoms with Gasteiger partial charge in [-0.2, -0.15) is 0 Å². The summed E-state index contributed by atoms with van der Waals surface area (Å²) >= 11 is 0. The quantitative estimate of drug-likeness (QED) is 0.574. The normalized spacial score (nSPS) is 10.4. The Morgan fingerprint density at radius 1 is 1.29 bits per heavy atom. The Bertz CT molecular complexity index is 628. The van der Waals surface area contributed by atoms with Crippen molar-refractivity contribution < 1.29 is 9.53 Å². The van der Waals surface area contributed by atoms with E-state index in [0.717, 1.165) is 36.9 Å². The number of aromatic amines is 1. The summed E-state index contributed by atoms with van der Waals surface area (Å²) in [4.78, 5) is 14.6. The predicted molar refractivity (Wildman–Crippen MR) is 101 cm³/mol. The molecule has 5 nitrogen and oxygen atoms in total.